The Kier molecular flexibility index (Phi) is 1.87. The van der Waals surface area contributed by atoms with E-state index in [1.54, 1.807) is 11.3 Å². The van der Waals surface area contributed by atoms with Crippen LogP contribution < -0.4 is 0 Å². The summed E-state index contributed by atoms with van der Waals surface area (Å²) in [6, 6.07) is 1.97. The van der Waals surface area contributed by atoms with E-state index in [1.165, 1.54) is 11.3 Å². The number of thiazole rings is 1. The molecule has 0 atom stereocenters. The van der Waals surface area contributed by atoms with Crippen LogP contribution in [-0.2, 0) is 0 Å². The first-order chi connectivity index (χ1) is 8.33. The largest absolute Gasteiger partial charge is 0.338 e. The third-order valence-electron chi connectivity index (χ3n) is 3.09. The Morgan fingerprint density at radius 2 is 2.29 bits per heavy atom. The molecule has 1 saturated heterocycles. The minimum absolute atomic E-state index is 0.156. The van der Waals surface area contributed by atoms with Gasteiger partial charge in [-0.05, 0) is 12.5 Å². The molecule has 0 spiro atoms. The lowest BCUT2D eigenvalue weighted by Crippen LogP contribution is -2.41. The Balaban J connectivity index is 1.85. The Hall–Kier alpha value is -1.40. The number of hydrogen-bond acceptors (Lipinski definition) is 4. The monoisotopic (exact) mass is 263 g/mol. The molecule has 1 aliphatic heterocycles. The van der Waals surface area contributed by atoms with Crippen molar-refractivity contribution in [1.82, 2.24) is 14.3 Å². The minimum Gasteiger partial charge on any atom is -0.338 e. The molecule has 0 aliphatic carbocycles. The third kappa shape index (κ3) is 1.28. The number of likely N-dealkylation sites (tertiary alicyclic amines) is 1. The molecule has 4 rings (SSSR count). The van der Waals surface area contributed by atoms with Gasteiger partial charge in [0.2, 0.25) is 0 Å². The molecule has 4 heterocycles. The molecule has 4 nitrogen and oxygen atoms in total. The SMILES string of the molecule is O=C(c1cc2c(nc3sccn32)s1)N1CCC1. The van der Waals surface area contributed by atoms with Crippen molar-refractivity contribution in [2.75, 3.05) is 13.1 Å². The van der Waals surface area contributed by atoms with E-state index in [9.17, 15) is 4.79 Å². The fourth-order valence-electron chi connectivity index (χ4n) is 2.03. The predicted octanol–water partition coefficient (Wildman–Crippen LogP) is 2.46. The van der Waals surface area contributed by atoms with E-state index in [-0.39, 0.29) is 5.91 Å². The molecule has 1 amide bonds. The Morgan fingerprint density at radius 3 is 3.06 bits per heavy atom. The lowest BCUT2D eigenvalue weighted by atomic mass is 10.2. The van der Waals surface area contributed by atoms with Crippen LogP contribution in [0.15, 0.2) is 17.6 Å². The topological polar surface area (TPSA) is 37.6 Å². The number of rotatable bonds is 1. The average molecular weight is 263 g/mol. The molecule has 3 aromatic heterocycles. The predicted molar refractivity (Wildman–Crippen MR) is 69.0 cm³/mol. The van der Waals surface area contributed by atoms with E-state index >= 15 is 0 Å². The average Bonchev–Trinajstić information content (AvgIpc) is 2.83. The molecule has 3 aromatic rings. The van der Waals surface area contributed by atoms with E-state index in [2.05, 4.69) is 4.98 Å². The summed E-state index contributed by atoms with van der Waals surface area (Å²) < 4.78 is 2.05. The van der Waals surface area contributed by atoms with Crippen molar-refractivity contribution >= 4 is 43.9 Å². The van der Waals surface area contributed by atoms with Crippen molar-refractivity contribution in [2.45, 2.75) is 6.42 Å². The number of nitrogens with zero attached hydrogens (tertiary/aromatic N) is 3. The minimum atomic E-state index is 0.156. The summed E-state index contributed by atoms with van der Waals surface area (Å²) >= 11 is 3.11. The molecular weight excluding hydrogens is 254 g/mol. The van der Waals surface area contributed by atoms with Crippen LogP contribution in [0.3, 0.4) is 0 Å². The van der Waals surface area contributed by atoms with Gasteiger partial charge in [-0.15, -0.1) is 22.7 Å². The molecule has 0 aromatic carbocycles. The van der Waals surface area contributed by atoms with E-state index in [0.717, 1.165) is 39.7 Å². The molecule has 86 valence electrons. The van der Waals surface area contributed by atoms with Crippen LogP contribution in [0.1, 0.15) is 16.1 Å². The molecule has 6 heteroatoms. The highest BCUT2D eigenvalue weighted by Gasteiger charge is 2.24. The van der Waals surface area contributed by atoms with Gasteiger partial charge < -0.3 is 4.90 Å². The highest BCUT2D eigenvalue weighted by atomic mass is 32.1. The zero-order chi connectivity index (χ0) is 11.4. The van der Waals surface area contributed by atoms with Gasteiger partial charge in [-0.2, -0.15) is 0 Å². The van der Waals surface area contributed by atoms with Crippen LogP contribution in [0.25, 0.3) is 15.3 Å². The number of fused-ring (bicyclic) bond motifs is 3. The van der Waals surface area contributed by atoms with Crippen molar-refractivity contribution < 1.29 is 4.79 Å². The van der Waals surface area contributed by atoms with Crippen LogP contribution in [0, 0.1) is 0 Å². The summed E-state index contributed by atoms with van der Waals surface area (Å²) in [5, 5.41) is 2.01. The van der Waals surface area contributed by atoms with Crippen LogP contribution in [-0.4, -0.2) is 33.3 Å². The van der Waals surface area contributed by atoms with Gasteiger partial charge in [-0.25, -0.2) is 4.98 Å². The fraction of sp³-hybridized carbons (Fsp3) is 0.273. The Bertz CT molecular complexity index is 719. The van der Waals surface area contributed by atoms with Gasteiger partial charge in [0, 0.05) is 24.7 Å². The summed E-state index contributed by atoms with van der Waals surface area (Å²) in [5.74, 6) is 0.156. The number of carbonyl (C=O) groups excluding carboxylic acids is 1. The summed E-state index contributed by atoms with van der Waals surface area (Å²) in [6.07, 6.45) is 3.13. The molecule has 0 radical (unpaired) electrons. The molecule has 0 N–H and O–H groups in total. The smallest absolute Gasteiger partial charge is 0.264 e. The van der Waals surface area contributed by atoms with Gasteiger partial charge >= 0.3 is 0 Å². The molecular formula is C11H9N3OS2. The molecule has 0 unspecified atom stereocenters. The maximum absolute atomic E-state index is 12.1. The van der Waals surface area contributed by atoms with Crippen LogP contribution in [0.5, 0.6) is 0 Å². The first-order valence-electron chi connectivity index (χ1n) is 5.47. The van der Waals surface area contributed by atoms with Crippen molar-refractivity contribution in [2.24, 2.45) is 0 Å². The molecule has 1 aliphatic rings. The molecule has 17 heavy (non-hydrogen) atoms. The van der Waals surface area contributed by atoms with Crippen molar-refractivity contribution in [3.05, 3.63) is 22.5 Å². The number of imidazole rings is 1. The molecule has 0 saturated carbocycles. The van der Waals surface area contributed by atoms with Gasteiger partial charge in [0.25, 0.3) is 5.91 Å². The molecule has 0 bridgehead atoms. The fourth-order valence-corrected chi connectivity index (χ4v) is 3.80. The Labute approximate surface area is 105 Å². The summed E-state index contributed by atoms with van der Waals surface area (Å²) in [6.45, 7) is 1.80. The second-order valence-corrected chi connectivity index (χ2v) is 6.02. The summed E-state index contributed by atoms with van der Waals surface area (Å²) in [7, 11) is 0. The maximum Gasteiger partial charge on any atom is 0.264 e. The number of hydrogen-bond donors (Lipinski definition) is 0. The first-order valence-corrected chi connectivity index (χ1v) is 7.17. The number of carbonyl (C=O) groups is 1. The molecule has 1 fully saturated rings. The quantitative estimate of drug-likeness (QED) is 0.676. The maximum atomic E-state index is 12.1. The standard InChI is InChI=1S/C11H9N3OS2/c15-10(13-2-1-3-13)8-6-7-9(17-8)12-11-14(7)4-5-16-11/h4-6H,1-3H2. The zero-order valence-corrected chi connectivity index (χ0v) is 10.6. The third-order valence-corrected chi connectivity index (χ3v) is 4.86. The lowest BCUT2D eigenvalue weighted by molar-refractivity contribution is 0.0657. The normalized spacial score (nSPS) is 15.6. The van der Waals surface area contributed by atoms with Gasteiger partial charge in [0.05, 0.1) is 10.4 Å². The van der Waals surface area contributed by atoms with Gasteiger partial charge in [-0.3, -0.25) is 9.20 Å². The first kappa shape index (κ1) is 9.61. The highest BCUT2D eigenvalue weighted by Crippen LogP contribution is 2.29. The van der Waals surface area contributed by atoms with Crippen LogP contribution in [0.4, 0.5) is 0 Å². The summed E-state index contributed by atoms with van der Waals surface area (Å²) in [5.41, 5.74) is 1.05. The van der Waals surface area contributed by atoms with Crippen LogP contribution >= 0.6 is 22.7 Å². The van der Waals surface area contributed by atoms with Gasteiger partial charge in [-0.1, -0.05) is 0 Å². The van der Waals surface area contributed by atoms with Crippen molar-refractivity contribution in [1.29, 1.82) is 0 Å². The van der Waals surface area contributed by atoms with Gasteiger partial charge in [0.15, 0.2) is 4.96 Å². The number of aromatic nitrogens is 2. The van der Waals surface area contributed by atoms with Crippen molar-refractivity contribution in [3.8, 4) is 0 Å². The second-order valence-electron chi connectivity index (χ2n) is 4.11. The number of amides is 1. The second kappa shape index (κ2) is 3.30. The Morgan fingerprint density at radius 1 is 1.41 bits per heavy atom. The van der Waals surface area contributed by atoms with E-state index < -0.39 is 0 Å². The van der Waals surface area contributed by atoms with Crippen molar-refractivity contribution in [3.63, 3.8) is 0 Å². The number of thiophene rings is 1. The lowest BCUT2D eigenvalue weighted by Gasteiger charge is -2.30. The zero-order valence-electron chi connectivity index (χ0n) is 8.92. The highest BCUT2D eigenvalue weighted by molar-refractivity contribution is 7.21. The van der Waals surface area contributed by atoms with Gasteiger partial charge in [0.1, 0.15) is 4.83 Å². The van der Waals surface area contributed by atoms with E-state index in [1.807, 2.05) is 26.9 Å². The van der Waals surface area contributed by atoms with Crippen LogP contribution in [0.2, 0.25) is 0 Å². The summed E-state index contributed by atoms with van der Waals surface area (Å²) in [4.78, 5) is 21.2. The van der Waals surface area contributed by atoms with E-state index in [4.69, 9.17) is 0 Å². The van der Waals surface area contributed by atoms with E-state index in [0.29, 0.717) is 0 Å².